The molecule has 0 radical (unpaired) electrons. The Morgan fingerprint density at radius 1 is 1.08 bits per heavy atom. The molecule has 0 saturated heterocycles. The van der Waals surface area contributed by atoms with Crippen LogP contribution < -0.4 is 4.57 Å². The van der Waals surface area contributed by atoms with Gasteiger partial charge in [0.2, 0.25) is 11.4 Å². The van der Waals surface area contributed by atoms with E-state index < -0.39 is 0 Å². The number of fused-ring (bicyclic) bond motifs is 3. The van der Waals surface area contributed by atoms with Gasteiger partial charge < -0.3 is 4.42 Å². The lowest BCUT2D eigenvalue weighted by molar-refractivity contribution is -0.660. The zero-order valence-electron chi connectivity index (χ0n) is 15.5. The highest BCUT2D eigenvalue weighted by Gasteiger charge is 2.24. The van der Waals surface area contributed by atoms with Gasteiger partial charge in [-0.05, 0) is 30.0 Å². The van der Waals surface area contributed by atoms with Crippen molar-refractivity contribution < 1.29 is 8.98 Å². The maximum absolute atomic E-state index is 7.49. The van der Waals surface area contributed by atoms with Gasteiger partial charge in [0.15, 0.2) is 6.20 Å². The number of furan rings is 1. The van der Waals surface area contributed by atoms with E-state index in [4.69, 9.17) is 11.0 Å². The molecule has 2 heterocycles. The SMILES string of the molecule is [C-]#[N+]c1cccc2c1oc1c(-c3cccc[n+]3C)c(C)cc(C(C)C)c12. The van der Waals surface area contributed by atoms with E-state index in [9.17, 15) is 0 Å². The van der Waals surface area contributed by atoms with Crippen LogP contribution in [-0.2, 0) is 7.05 Å². The molecule has 2 aromatic heterocycles. The van der Waals surface area contributed by atoms with E-state index in [0.29, 0.717) is 17.2 Å². The van der Waals surface area contributed by atoms with E-state index >= 15 is 0 Å². The van der Waals surface area contributed by atoms with Crippen LogP contribution in [0.2, 0.25) is 0 Å². The molecule has 0 unspecified atom stereocenters. The summed E-state index contributed by atoms with van der Waals surface area (Å²) in [5, 5.41) is 2.15. The molecule has 0 aliphatic rings. The number of rotatable bonds is 2. The predicted octanol–water partition coefficient (Wildman–Crippen LogP) is 6.06. The Balaban J connectivity index is 2.25. The fourth-order valence-electron chi connectivity index (χ4n) is 3.77. The van der Waals surface area contributed by atoms with Gasteiger partial charge in [-0.1, -0.05) is 38.1 Å². The number of para-hydroxylation sites is 1. The average Bonchev–Trinajstić information content (AvgIpc) is 3.01. The van der Waals surface area contributed by atoms with E-state index in [1.54, 1.807) is 0 Å². The highest BCUT2D eigenvalue weighted by atomic mass is 16.3. The van der Waals surface area contributed by atoms with Gasteiger partial charge in [0, 0.05) is 22.9 Å². The van der Waals surface area contributed by atoms with Crippen LogP contribution in [0.3, 0.4) is 0 Å². The second-order valence-electron chi connectivity index (χ2n) is 7.08. The fraction of sp³-hybridized carbons (Fsp3) is 0.217. The Hall–Kier alpha value is -3.12. The van der Waals surface area contributed by atoms with Crippen molar-refractivity contribution in [2.45, 2.75) is 26.7 Å². The second kappa shape index (κ2) is 6.00. The van der Waals surface area contributed by atoms with Gasteiger partial charge in [-0.25, -0.2) is 9.41 Å². The Morgan fingerprint density at radius 3 is 2.58 bits per heavy atom. The van der Waals surface area contributed by atoms with E-state index in [2.05, 4.69) is 48.4 Å². The third kappa shape index (κ3) is 2.30. The molecule has 0 amide bonds. The molecule has 4 rings (SSSR count). The van der Waals surface area contributed by atoms with Gasteiger partial charge in [0.05, 0.1) is 12.1 Å². The Bertz CT molecular complexity index is 1190. The molecule has 0 spiro atoms. The maximum Gasteiger partial charge on any atom is 0.229 e. The molecule has 128 valence electrons. The zero-order chi connectivity index (χ0) is 18.4. The maximum atomic E-state index is 7.49. The minimum atomic E-state index is 0.368. The van der Waals surface area contributed by atoms with Gasteiger partial charge in [-0.15, -0.1) is 0 Å². The summed E-state index contributed by atoms with van der Waals surface area (Å²) in [6.07, 6.45) is 2.05. The van der Waals surface area contributed by atoms with Crippen molar-refractivity contribution in [1.82, 2.24) is 0 Å². The van der Waals surface area contributed by atoms with Gasteiger partial charge in [-0.2, -0.15) is 0 Å². The molecule has 0 fully saturated rings. The first-order valence-corrected chi connectivity index (χ1v) is 8.84. The summed E-state index contributed by atoms with van der Waals surface area (Å²) in [6, 6.07) is 14.3. The smallest absolute Gasteiger partial charge is 0.229 e. The van der Waals surface area contributed by atoms with E-state index in [0.717, 1.165) is 27.6 Å². The normalized spacial score (nSPS) is 11.4. The summed E-state index contributed by atoms with van der Waals surface area (Å²) in [5.74, 6) is 0.368. The largest absolute Gasteiger partial charge is 0.466 e. The lowest BCUT2D eigenvalue weighted by Crippen LogP contribution is -2.30. The summed E-state index contributed by atoms with van der Waals surface area (Å²) in [7, 11) is 2.05. The van der Waals surface area contributed by atoms with Crippen LogP contribution in [0.4, 0.5) is 5.69 Å². The van der Waals surface area contributed by atoms with Gasteiger partial charge in [-0.3, -0.25) is 0 Å². The molecule has 4 aromatic rings. The Labute approximate surface area is 153 Å². The van der Waals surface area contributed by atoms with Gasteiger partial charge >= 0.3 is 0 Å². The molecular formula is C23H21N2O+. The molecule has 0 bridgehead atoms. The quantitative estimate of drug-likeness (QED) is 0.321. The predicted molar refractivity (Wildman–Crippen MR) is 105 cm³/mol. The van der Waals surface area contributed by atoms with E-state index in [1.165, 1.54) is 11.1 Å². The van der Waals surface area contributed by atoms with Crippen molar-refractivity contribution in [3.05, 3.63) is 71.2 Å². The number of benzene rings is 2. The number of aryl methyl sites for hydroxylation is 2. The summed E-state index contributed by atoms with van der Waals surface area (Å²) >= 11 is 0. The third-order valence-corrected chi connectivity index (χ3v) is 5.03. The molecular weight excluding hydrogens is 320 g/mol. The first-order chi connectivity index (χ1) is 12.5. The monoisotopic (exact) mass is 341 g/mol. The lowest BCUT2D eigenvalue weighted by Gasteiger charge is -2.12. The van der Waals surface area contributed by atoms with Crippen LogP contribution in [0.25, 0.3) is 38.0 Å². The Morgan fingerprint density at radius 2 is 1.88 bits per heavy atom. The number of hydrogen-bond acceptors (Lipinski definition) is 1. The highest BCUT2D eigenvalue weighted by molar-refractivity contribution is 6.14. The van der Waals surface area contributed by atoms with Gasteiger partial charge in [0.25, 0.3) is 0 Å². The van der Waals surface area contributed by atoms with Crippen molar-refractivity contribution in [2.24, 2.45) is 7.05 Å². The zero-order valence-corrected chi connectivity index (χ0v) is 15.5. The molecule has 3 nitrogen and oxygen atoms in total. The summed E-state index contributed by atoms with van der Waals surface area (Å²) in [6.45, 7) is 14.0. The molecule has 3 heteroatoms. The van der Waals surface area contributed by atoms with E-state index in [1.807, 2.05) is 37.5 Å². The van der Waals surface area contributed by atoms with Crippen LogP contribution >= 0.6 is 0 Å². The van der Waals surface area contributed by atoms with Crippen molar-refractivity contribution >= 4 is 27.6 Å². The highest BCUT2D eigenvalue weighted by Crippen LogP contribution is 2.43. The van der Waals surface area contributed by atoms with Crippen molar-refractivity contribution in [3.8, 4) is 11.3 Å². The molecule has 0 saturated carbocycles. The topological polar surface area (TPSA) is 21.4 Å². The second-order valence-corrected chi connectivity index (χ2v) is 7.08. The first kappa shape index (κ1) is 16.4. The summed E-state index contributed by atoms with van der Waals surface area (Å²) in [4.78, 5) is 3.66. The van der Waals surface area contributed by atoms with Crippen molar-refractivity contribution in [1.29, 1.82) is 0 Å². The molecule has 0 atom stereocenters. The number of aromatic nitrogens is 1. The average molecular weight is 341 g/mol. The van der Waals surface area contributed by atoms with E-state index in [-0.39, 0.29) is 0 Å². The number of nitrogens with zero attached hydrogens (tertiary/aromatic N) is 2. The summed E-state index contributed by atoms with van der Waals surface area (Å²) < 4.78 is 8.47. The lowest BCUT2D eigenvalue weighted by atomic mass is 9.91. The summed E-state index contributed by atoms with van der Waals surface area (Å²) in [5.41, 5.74) is 6.78. The third-order valence-electron chi connectivity index (χ3n) is 5.03. The van der Waals surface area contributed by atoms with Crippen LogP contribution in [0, 0.1) is 13.5 Å². The standard InChI is InChI=1S/C23H21N2O/c1-14(2)17-13-15(3)20(19-11-6-7-12-25(19)5)23-21(17)16-9-8-10-18(24-4)22(16)26-23/h6-14H,1-3,5H3/q+1. The molecule has 0 N–H and O–H groups in total. The van der Waals surface area contributed by atoms with Crippen LogP contribution in [0.5, 0.6) is 0 Å². The van der Waals surface area contributed by atoms with Gasteiger partial charge in [0.1, 0.15) is 18.2 Å². The fourth-order valence-corrected chi connectivity index (χ4v) is 3.77. The van der Waals surface area contributed by atoms with Crippen LogP contribution in [-0.4, -0.2) is 0 Å². The van der Waals surface area contributed by atoms with Crippen LogP contribution in [0.15, 0.2) is 53.1 Å². The first-order valence-electron chi connectivity index (χ1n) is 8.84. The molecule has 2 aromatic carbocycles. The molecule has 26 heavy (non-hydrogen) atoms. The minimum absolute atomic E-state index is 0.368. The van der Waals surface area contributed by atoms with Crippen LogP contribution in [0.1, 0.15) is 30.9 Å². The number of hydrogen-bond donors (Lipinski definition) is 0. The number of pyridine rings is 1. The molecule has 0 aliphatic heterocycles. The van der Waals surface area contributed by atoms with Crippen molar-refractivity contribution in [3.63, 3.8) is 0 Å². The molecule has 0 aliphatic carbocycles. The minimum Gasteiger partial charge on any atom is -0.466 e. The van der Waals surface area contributed by atoms with Crippen molar-refractivity contribution in [2.75, 3.05) is 0 Å². The Kier molecular flexibility index (Phi) is 3.77.